The molecule has 0 N–H and O–H groups in total. The standard InChI is InChI=1S/C19H27N3O4/c1-13(2)20(3)17(23)8-9-18(24)21-11-15-7-6-14(21)12-22(15)19(25)16-5-4-10-26-16/h4-5,10,13-15H,6-9,11-12H2,1-3H3. The van der Waals surface area contributed by atoms with Gasteiger partial charge in [-0.25, -0.2) is 0 Å². The van der Waals surface area contributed by atoms with E-state index in [1.807, 2.05) is 23.6 Å². The fourth-order valence-electron chi connectivity index (χ4n) is 3.75. The van der Waals surface area contributed by atoms with Crippen LogP contribution < -0.4 is 0 Å². The van der Waals surface area contributed by atoms with E-state index in [1.165, 1.54) is 6.26 Å². The summed E-state index contributed by atoms with van der Waals surface area (Å²) in [5, 5.41) is 0. The molecule has 0 spiro atoms. The Morgan fingerprint density at radius 2 is 1.81 bits per heavy atom. The van der Waals surface area contributed by atoms with Crippen molar-refractivity contribution in [1.29, 1.82) is 0 Å². The maximum atomic E-state index is 12.6. The number of carbonyl (C=O) groups excluding carboxylic acids is 3. The molecule has 2 atom stereocenters. The van der Waals surface area contributed by atoms with Crippen molar-refractivity contribution in [1.82, 2.24) is 14.7 Å². The van der Waals surface area contributed by atoms with Crippen LogP contribution in [0.3, 0.4) is 0 Å². The van der Waals surface area contributed by atoms with Crippen molar-refractivity contribution in [3.05, 3.63) is 24.2 Å². The second kappa shape index (κ2) is 7.51. The normalized spacial score (nSPS) is 22.0. The first-order valence-corrected chi connectivity index (χ1v) is 9.28. The van der Waals surface area contributed by atoms with E-state index in [-0.39, 0.29) is 48.7 Å². The second-order valence-corrected chi connectivity index (χ2v) is 7.46. The number of piperazine rings is 1. The molecule has 7 heteroatoms. The summed E-state index contributed by atoms with van der Waals surface area (Å²) in [5.74, 6) is 0.240. The quantitative estimate of drug-likeness (QED) is 0.801. The van der Waals surface area contributed by atoms with E-state index >= 15 is 0 Å². The van der Waals surface area contributed by atoms with Crippen molar-refractivity contribution >= 4 is 17.7 Å². The Balaban J connectivity index is 1.56. The fourth-order valence-corrected chi connectivity index (χ4v) is 3.75. The molecule has 2 unspecified atom stereocenters. The van der Waals surface area contributed by atoms with Crippen LogP contribution in [-0.2, 0) is 9.59 Å². The number of hydrogen-bond donors (Lipinski definition) is 0. The van der Waals surface area contributed by atoms with Gasteiger partial charge in [-0.2, -0.15) is 0 Å². The van der Waals surface area contributed by atoms with E-state index in [2.05, 4.69) is 0 Å². The highest BCUT2D eigenvalue weighted by molar-refractivity contribution is 5.92. The monoisotopic (exact) mass is 361 g/mol. The van der Waals surface area contributed by atoms with Gasteiger partial charge in [0, 0.05) is 51.1 Å². The van der Waals surface area contributed by atoms with Gasteiger partial charge in [0.2, 0.25) is 11.8 Å². The summed E-state index contributed by atoms with van der Waals surface area (Å²) in [6, 6.07) is 3.56. The van der Waals surface area contributed by atoms with Crippen LogP contribution in [0.4, 0.5) is 0 Å². The lowest BCUT2D eigenvalue weighted by Crippen LogP contribution is -2.65. The van der Waals surface area contributed by atoms with E-state index in [0.717, 1.165) is 12.8 Å². The van der Waals surface area contributed by atoms with E-state index in [4.69, 9.17) is 4.42 Å². The van der Waals surface area contributed by atoms with Gasteiger partial charge in [0.1, 0.15) is 0 Å². The van der Waals surface area contributed by atoms with E-state index in [0.29, 0.717) is 18.8 Å². The zero-order chi connectivity index (χ0) is 18.8. The molecule has 3 aliphatic rings. The Morgan fingerprint density at radius 3 is 2.35 bits per heavy atom. The van der Waals surface area contributed by atoms with Gasteiger partial charge in [-0.15, -0.1) is 0 Å². The average molecular weight is 361 g/mol. The molecule has 3 aliphatic heterocycles. The van der Waals surface area contributed by atoms with Crippen LogP contribution in [0.1, 0.15) is 50.1 Å². The van der Waals surface area contributed by atoms with Crippen LogP contribution in [0, 0.1) is 0 Å². The molecule has 0 saturated carbocycles. The highest BCUT2D eigenvalue weighted by Crippen LogP contribution is 2.30. The third-order valence-electron chi connectivity index (χ3n) is 5.56. The van der Waals surface area contributed by atoms with Gasteiger partial charge in [-0.05, 0) is 38.8 Å². The summed E-state index contributed by atoms with van der Waals surface area (Å²) in [6.07, 6.45) is 3.76. The molecule has 0 aromatic carbocycles. The van der Waals surface area contributed by atoms with Crippen molar-refractivity contribution in [3.8, 4) is 0 Å². The van der Waals surface area contributed by atoms with Gasteiger partial charge in [-0.3, -0.25) is 14.4 Å². The molecule has 26 heavy (non-hydrogen) atoms. The third kappa shape index (κ3) is 3.61. The Morgan fingerprint density at radius 1 is 1.15 bits per heavy atom. The number of hydrogen-bond acceptors (Lipinski definition) is 4. The van der Waals surface area contributed by atoms with Gasteiger partial charge in [0.05, 0.1) is 6.26 Å². The predicted molar refractivity (Wildman–Crippen MR) is 95.4 cm³/mol. The number of fused-ring (bicyclic) bond motifs is 3. The summed E-state index contributed by atoms with van der Waals surface area (Å²) < 4.78 is 5.22. The van der Waals surface area contributed by atoms with Crippen LogP contribution in [0.25, 0.3) is 0 Å². The Hall–Kier alpha value is -2.31. The highest BCUT2D eigenvalue weighted by Gasteiger charge is 2.43. The van der Waals surface area contributed by atoms with Gasteiger partial charge in [0.25, 0.3) is 5.91 Å². The fraction of sp³-hybridized carbons (Fsp3) is 0.632. The number of carbonyl (C=O) groups is 3. The molecular formula is C19H27N3O4. The Bertz CT molecular complexity index is 670. The minimum Gasteiger partial charge on any atom is -0.459 e. The predicted octanol–water partition coefficient (Wildman–Crippen LogP) is 1.74. The summed E-state index contributed by atoms with van der Waals surface area (Å²) >= 11 is 0. The molecule has 3 fully saturated rings. The first-order valence-electron chi connectivity index (χ1n) is 9.28. The molecule has 3 amide bonds. The van der Waals surface area contributed by atoms with Crippen molar-refractivity contribution in [2.24, 2.45) is 0 Å². The van der Waals surface area contributed by atoms with Gasteiger partial charge < -0.3 is 19.1 Å². The lowest BCUT2D eigenvalue weighted by Gasteiger charge is -2.51. The van der Waals surface area contributed by atoms with Crippen LogP contribution in [0.15, 0.2) is 22.8 Å². The lowest BCUT2D eigenvalue weighted by molar-refractivity contribution is -0.143. The maximum absolute atomic E-state index is 12.6. The number of rotatable bonds is 5. The highest BCUT2D eigenvalue weighted by atomic mass is 16.3. The Kier molecular flexibility index (Phi) is 5.34. The average Bonchev–Trinajstić information content (AvgIpc) is 3.19. The molecule has 4 rings (SSSR count). The first-order chi connectivity index (χ1) is 12.4. The van der Waals surface area contributed by atoms with Crippen molar-refractivity contribution in [2.45, 2.75) is 57.7 Å². The smallest absolute Gasteiger partial charge is 0.289 e. The number of amides is 3. The second-order valence-electron chi connectivity index (χ2n) is 7.46. The van der Waals surface area contributed by atoms with Crippen LogP contribution in [-0.4, -0.2) is 70.7 Å². The summed E-state index contributed by atoms with van der Waals surface area (Å²) in [6.45, 7) is 4.99. The minimum atomic E-state index is -0.106. The molecule has 7 nitrogen and oxygen atoms in total. The molecule has 0 radical (unpaired) electrons. The van der Waals surface area contributed by atoms with Crippen LogP contribution >= 0.6 is 0 Å². The number of nitrogens with zero attached hydrogens (tertiary/aromatic N) is 3. The molecule has 0 aliphatic carbocycles. The molecule has 3 saturated heterocycles. The molecular weight excluding hydrogens is 334 g/mol. The number of piperidine rings is 2. The molecule has 1 aromatic heterocycles. The first kappa shape index (κ1) is 18.5. The molecule has 2 bridgehead atoms. The lowest BCUT2D eigenvalue weighted by atomic mass is 9.90. The van der Waals surface area contributed by atoms with Crippen LogP contribution in [0.5, 0.6) is 0 Å². The minimum absolute atomic E-state index is 0.00913. The van der Waals surface area contributed by atoms with Crippen molar-refractivity contribution < 1.29 is 18.8 Å². The summed E-state index contributed by atoms with van der Waals surface area (Å²) in [7, 11) is 1.76. The van der Waals surface area contributed by atoms with Gasteiger partial charge in [0.15, 0.2) is 5.76 Å². The van der Waals surface area contributed by atoms with Crippen molar-refractivity contribution in [3.63, 3.8) is 0 Å². The maximum Gasteiger partial charge on any atom is 0.289 e. The number of furan rings is 1. The molecule has 142 valence electrons. The molecule has 1 aromatic rings. The van der Waals surface area contributed by atoms with Crippen LogP contribution in [0.2, 0.25) is 0 Å². The van der Waals surface area contributed by atoms with Gasteiger partial charge >= 0.3 is 0 Å². The topological polar surface area (TPSA) is 74.1 Å². The molecule has 4 heterocycles. The largest absolute Gasteiger partial charge is 0.459 e. The third-order valence-corrected chi connectivity index (χ3v) is 5.56. The summed E-state index contributed by atoms with van der Waals surface area (Å²) in [4.78, 5) is 42.6. The van der Waals surface area contributed by atoms with E-state index in [1.54, 1.807) is 24.1 Å². The zero-order valence-electron chi connectivity index (χ0n) is 15.7. The SMILES string of the molecule is CC(C)N(C)C(=O)CCC(=O)N1CC2CCC1CN2C(=O)c1ccco1. The van der Waals surface area contributed by atoms with Crippen molar-refractivity contribution in [2.75, 3.05) is 20.1 Å². The summed E-state index contributed by atoms with van der Waals surface area (Å²) in [5.41, 5.74) is 0. The van der Waals surface area contributed by atoms with E-state index in [9.17, 15) is 14.4 Å². The van der Waals surface area contributed by atoms with E-state index < -0.39 is 0 Å². The van der Waals surface area contributed by atoms with Gasteiger partial charge in [-0.1, -0.05) is 0 Å². The Labute approximate surface area is 153 Å². The zero-order valence-corrected chi connectivity index (χ0v) is 15.7.